The van der Waals surface area contributed by atoms with Gasteiger partial charge in [0.15, 0.2) is 0 Å². The Balaban J connectivity index is 1.04. The highest BCUT2D eigenvalue weighted by atomic mass is 16.3. The van der Waals surface area contributed by atoms with Crippen LogP contribution < -0.4 is 4.90 Å². The molecule has 4 nitrogen and oxygen atoms in total. The van der Waals surface area contributed by atoms with Crippen LogP contribution in [0.25, 0.3) is 116 Å². The van der Waals surface area contributed by atoms with Crippen molar-refractivity contribution in [1.82, 2.24) is 4.57 Å². The van der Waals surface area contributed by atoms with Gasteiger partial charge in [-0.1, -0.05) is 164 Å². The second-order valence-corrected chi connectivity index (χ2v) is 17.6. The fourth-order valence-corrected chi connectivity index (χ4v) is 10.7. The normalized spacial score (nSPS) is 11.8. The highest BCUT2D eigenvalue weighted by Crippen LogP contribution is 2.50. The van der Waals surface area contributed by atoms with Crippen molar-refractivity contribution in [2.45, 2.75) is 0 Å². The van der Waals surface area contributed by atoms with Crippen molar-refractivity contribution in [3.63, 3.8) is 0 Å². The van der Waals surface area contributed by atoms with E-state index in [4.69, 9.17) is 8.83 Å². The van der Waals surface area contributed by atoms with Crippen LogP contribution in [0.2, 0.25) is 0 Å². The molecule has 0 radical (unpaired) electrons. The van der Waals surface area contributed by atoms with Crippen LogP contribution in [-0.2, 0) is 0 Å². The average Bonchev–Trinajstić information content (AvgIpc) is 4.09. The molecule has 0 saturated heterocycles. The lowest BCUT2D eigenvalue weighted by molar-refractivity contribution is 0.669. The number of aromatic nitrogens is 1. The summed E-state index contributed by atoms with van der Waals surface area (Å²) in [5.41, 5.74) is 16.4. The lowest BCUT2D eigenvalue weighted by Crippen LogP contribution is -2.12. The van der Waals surface area contributed by atoms with E-state index in [-0.39, 0.29) is 0 Å². The molecular formula is C64H40N2O2. The second-order valence-electron chi connectivity index (χ2n) is 17.6. The molecule has 68 heavy (non-hydrogen) atoms. The Labute approximate surface area is 391 Å². The lowest BCUT2D eigenvalue weighted by atomic mass is 9.95. The summed E-state index contributed by atoms with van der Waals surface area (Å²) in [6.45, 7) is 0. The standard InChI is InChI=1S/C64H40N2O2/c1-2-16-43-39-44(32-31-41(43)15-1)42-33-35-46(36-34-42)65(47-18-13-17-45(40-47)48-24-14-30-61-62(48)54-23-7-12-29-60(54)67-61)58-38-37-52-51-21-6-11-28-59(51)68-64(52)63(58)53-22-5-10-27-57(53)66-55-25-8-3-19-49(55)50-20-4-9-26-56(50)66/h1-40H. The number of rotatable bonds is 7. The smallest absolute Gasteiger partial charge is 0.145 e. The predicted molar refractivity (Wildman–Crippen MR) is 284 cm³/mol. The van der Waals surface area contributed by atoms with E-state index in [0.29, 0.717) is 0 Å². The van der Waals surface area contributed by atoms with Gasteiger partial charge in [0.2, 0.25) is 0 Å². The fraction of sp³-hybridized carbons (Fsp3) is 0. The molecule has 0 aliphatic heterocycles. The minimum Gasteiger partial charge on any atom is -0.456 e. The molecule has 0 fully saturated rings. The maximum atomic E-state index is 7.09. The van der Waals surface area contributed by atoms with E-state index >= 15 is 0 Å². The molecule has 0 unspecified atom stereocenters. The van der Waals surface area contributed by atoms with Gasteiger partial charge in [0.05, 0.1) is 28.0 Å². The third-order valence-electron chi connectivity index (χ3n) is 13.8. The Kier molecular flexibility index (Phi) is 8.55. The molecule has 0 spiro atoms. The van der Waals surface area contributed by atoms with E-state index < -0.39 is 0 Å². The van der Waals surface area contributed by atoms with Gasteiger partial charge in [-0.05, 0) is 112 Å². The summed E-state index contributed by atoms with van der Waals surface area (Å²) in [7, 11) is 0. The van der Waals surface area contributed by atoms with Crippen LogP contribution in [0.4, 0.5) is 17.1 Å². The molecule has 0 N–H and O–H groups in total. The van der Waals surface area contributed by atoms with Crippen molar-refractivity contribution in [3.8, 4) is 39.1 Å². The van der Waals surface area contributed by atoms with Gasteiger partial charge in [-0.3, -0.25) is 0 Å². The fourth-order valence-electron chi connectivity index (χ4n) is 10.7. The first-order valence-electron chi connectivity index (χ1n) is 23.2. The van der Waals surface area contributed by atoms with Crippen LogP contribution in [-0.4, -0.2) is 4.57 Å². The molecule has 3 heterocycles. The highest BCUT2D eigenvalue weighted by molar-refractivity contribution is 6.16. The first-order chi connectivity index (χ1) is 33.7. The number of hydrogen-bond acceptors (Lipinski definition) is 3. The zero-order chi connectivity index (χ0) is 44.7. The van der Waals surface area contributed by atoms with Crippen molar-refractivity contribution in [2.24, 2.45) is 0 Å². The quantitative estimate of drug-likeness (QED) is 0.160. The molecule has 14 rings (SSSR count). The maximum absolute atomic E-state index is 7.09. The number of furan rings is 2. The Bertz CT molecular complexity index is 4230. The number of benzene rings is 11. The molecule has 14 aromatic rings. The Morgan fingerprint density at radius 3 is 1.76 bits per heavy atom. The third-order valence-corrected chi connectivity index (χ3v) is 13.8. The molecular weight excluding hydrogens is 829 g/mol. The summed E-state index contributed by atoms with van der Waals surface area (Å²) < 4.78 is 15.9. The van der Waals surface area contributed by atoms with Gasteiger partial charge in [0.25, 0.3) is 0 Å². The molecule has 318 valence electrons. The number of anilines is 3. The lowest BCUT2D eigenvalue weighted by Gasteiger charge is -2.29. The summed E-state index contributed by atoms with van der Waals surface area (Å²) in [5, 5.41) is 9.23. The molecule has 0 saturated carbocycles. The Morgan fingerprint density at radius 2 is 0.956 bits per heavy atom. The number of nitrogens with zero attached hydrogens (tertiary/aromatic N) is 2. The van der Waals surface area contributed by atoms with Gasteiger partial charge in [0, 0.05) is 49.3 Å². The van der Waals surface area contributed by atoms with E-state index in [1.165, 1.54) is 27.1 Å². The van der Waals surface area contributed by atoms with Crippen molar-refractivity contribution in [1.29, 1.82) is 0 Å². The predicted octanol–water partition coefficient (Wildman–Crippen LogP) is 18.2. The molecule has 11 aromatic carbocycles. The average molecular weight is 869 g/mol. The van der Waals surface area contributed by atoms with Gasteiger partial charge in [-0.15, -0.1) is 0 Å². The minimum absolute atomic E-state index is 0.834. The molecule has 4 heteroatoms. The van der Waals surface area contributed by atoms with Gasteiger partial charge < -0.3 is 18.3 Å². The van der Waals surface area contributed by atoms with E-state index in [0.717, 1.165) is 105 Å². The van der Waals surface area contributed by atoms with Crippen LogP contribution in [0.1, 0.15) is 0 Å². The maximum Gasteiger partial charge on any atom is 0.145 e. The molecule has 3 aromatic heterocycles. The van der Waals surface area contributed by atoms with E-state index in [2.05, 4.69) is 240 Å². The summed E-state index contributed by atoms with van der Waals surface area (Å²) in [6.07, 6.45) is 0. The van der Waals surface area contributed by atoms with E-state index in [1.807, 2.05) is 12.1 Å². The molecule has 0 amide bonds. The minimum atomic E-state index is 0.834. The summed E-state index contributed by atoms with van der Waals surface area (Å²) in [4.78, 5) is 2.41. The van der Waals surface area contributed by atoms with Crippen molar-refractivity contribution < 1.29 is 8.83 Å². The third kappa shape index (κ3) is 5.94. The van der Waals surface area contributed by atoms with Crippen molar-refractivity contribution in [2.75, 3.05) is 4.90 Å². The SMILES string of the molecule is c1cc(-c2cccc3oc4ccccc4c23)cc(N(c2ccc(-c3ccc4ccccc4c3)cc2)c2ccc3c(oc4ccccc43)c2-c2ccccc2-n2c3ccccc3c3ccccc32)c1. The van der Waals surface area contributed by atoms with Crippen molar-refractivity contribution >= 4 is 93.5 Å². The molecule has 0 atom stereocenters. The Morgan fingerprint density at radius 1 is 0.338 bits per heavy atom. The van der Waals surface area contributed by atoms with Crippen LogP contribution in [0.3, 0.4) is 0 Å². The highest BCUT2D eigenvalue weighted by Gasteiger charge is 2.26. The first kappa shape index (κ1) is 38.2. The topological polar surface area (TPSA) is 34.5 Å². The largest absolute Gasteiger partial charge is 0.456 e. The number of fused-ring (bicyclic) bond motifs is 10. The first-order valence-corrected chi connectivity index (χ1v) is 23.2. The zero-order valence-corrected chi connectivity index (χ0v) is 36.8. The van der Waals surface area contributed by atoms with Crippen LogP contribution in [0.5, 0.6) is 0 Å². The van der Waals surface area contributed by atoms with Gasteiger partial charge in [0.1, 0.15) is 22.3 Å². The van der Waals surface area contributed by atoms with E-state index in [9.17, 15) is 0 Å². The number of hydrogen-bond donors (Lipinski definition) is 0. The summed E-state index contributed by atoms with van der Waals surface area (Å²) in [6, 6.07) is 87.0. The van der Waals surface area contributed by atoms with Gasteiger partial charge in [-0.25, -0.2) is 0 Å². The summed E-state index contributed by atoms with van der Waals surface area (Å²) in [5.74, 6) is 0. The van der Waals surface area contributed by atoms with Crippen LogP contribution >= 0.6 is 0 Å². The van der Waals surface area contributed by atoms with Crippen LogP contribution in [0, 0.1) is 0 Å². The monoisotopic (exact) mass is 868 g/mol. The molecule has 0 bridgehead atoms. The zero-order valence-electron chi connectivity index (χ0n) is 36.8. The molecule has 0 aliphatic rings. The Hall–Kier alpha value is -9.12. The second kappa shape index (κ2) is 15.2. The van der Waals surface area contributed by atoms with E-state index in [1.54, 1.807) is 0 Å². The summed E-state index contributed by atoms with van der Waals surface area (Å²) >= 11 is 0. The van der Waals surface area contributed by atoms with Gasteiger partial charge in [-0.2, -0.15) is 0 Å². The van der Waals surface area contributed by atoms with Gasteiger partial charge >= 0.3 is 0 Å². The number of para-hydroxylation sites is 5. The van der Waals surface area contributed by atoms with Crippen molar-refractivity contribution in [3.05, 3.63) is 243 Å². The molecule has 0 aliphatic carbocycles. The van der Waals surface area contributed by atoms with Crippen LogP contribution in [0.15, 0.2) is 251 Å².